The summed E-state index contributed by atoms with van der Waals surface area (Å²) in [6.07, 6.45) is 4.71. The van der Waals surface area contributed by atoms with Crippen LogP contribution in [0.15, 0.2) is 23.1 Å². The number of carbonyl (C=O) groups is 1. The van der Waals surface area contributed by atoms with Crippen molar-refractivity contribution in [3.63, 3.8) is 0 Å². The SMILES string of the molecule is COc1ccc(C(=O)NC2CC2)cc1S(=O)(=O)N1CCCC[C@@H]1C. The molecule has 1 N–H and O–H groups in total. The molecule has 3 rings (SSSR count). The summed E-state index contributed by atoms with van der Waals surface area (Å²) in [6.45, 7) is 2.43. The Morgan fingerprint density at radius 1 is 1.25 bits per heavy atom. The van der Waals surface area contributed by atoms with Crippen molar-refractivity contribution in [2.75, 3.05) is 13.7 Å². The number of ether oxygens (including phenoxy) is 1. The molecular weight excluding hydrogens is 328 g/mol. The van der Waals surface area contributed by atoms with Crippen LogP contribution in [0.5, 0.6) is 5.75 Å². The number of hydrogen-bond donors (Lipinski definition) is 1. The van der Waals surface area contributed by atoms with Crippen LogP contribution in [0, 0.1) is 0 Å². The van der Waals surface area contributed by atoms with E-state index in [-0.39, 0.29) is 28.6 Å². The molecule has 1 heterocycles. The minimum atomic E-state index is -3.69. The van der Waals surface area contributed by atoms with E-state index in [0.29, 0.717) is 12.1 Å². The van der Waals surface area contributed by atoms with Gasteiger partial charge in [0.2, 0.25) is 10.0 Å². The lowest BCUT2D eigenvalue weighted by atomic mass is 10.1. The van der Waals surface area contributed by atoms with E-state index in [2.05, 4.69) is 5.32 Å². The second-order valence-corrected chi connectivity index (χ2v) is 8.43. The molecule has 0 bridgehead atoms. The van der Waals surface area contributed by atoms with Gasteiger partial charge in [-0.25, -0.2) is 8.42 Å². The highest BCUT2D eigenvalue weighted by Gasteiger charge is 2.34. The van der Waals surface area contributed by atoms with E-state index < -0.39 is 10.0 Å². The van der Waals surface area contributed by atoms with Crippen molar-refractivity contribution in [3.8, 4) is 5.75 Å². The van der Waals surface area contributed by atoms with Gasteiger partial charge in [0.15, 0.2) is 0 Å². The Hall–Kier alpha value is -1.60. The van der Waals surface area contributed by atoms with Gasteiger partial charge in [-0.15, -0.1) is 0 Å². The summed E-state index contributed by atoms with van der Waals surface area (Å²) in [6, 6.07) is 4.78. The molecule has 0 spiro atoms. The minimum absolute atomic E-state index is 0.0441. The highest BCUT2D eigenvalue weighted by atomic mass is 32.2. The van der Waals surface area contributed by atoms with Gasteiger partial charge in [-0.2, -0.15) is 4.31 Å². The van der Waals surface area contributed by atoms with Crippen LogP contribution in [0.25, 0.3) is 0 Å². The zero-order valence-corrected chi connectivity index (χ0v) is 14.9. The molecule has 1 saturated heterocycles. The number of hydrogen-bond acceptors (Lipinski definition) is 4. The van der Waals surface area contributed by atoms with Crippen LogP contribution in [0.2, 0.25) is 0 Å². The molecule has 1 amide bonds. The first kappa shape index (κ1) is 17.2. The molecule has 0 aromatic heterocycles. The second-order valence-electron chi connectivity index (χ2n) is 6.57. The Balaban J connectivity index is 1.95. The van der Waals surface area contributed by atoms with Crippen molar-refractivity contribution in [1.29, 1.82) is 0 Å². The monoisotopic (exact) mass is 352 g/mol. The molecule has 1 aliphatic carbocycles. The number of benzene rings is 1. The van der Waals surface area contributed by atoms with Gasteiger partial charge >= 0.3 is 0 Å². The number of carbonyl (C=O) groups excluding carboxylic acids is 1. The summed E-state index contributed by atoms with van der Waals surface area (Å²) in [4.78, 5) is 12.3. The molecule has 7 heteroatoms. The zero-order valence-electron chi connectivity index (χ0n) is 14.1. The maximum Gasteiger partial charge on any atom is 0.251 e. The quantitative estimate of drug-likeness (QED) is 0.881. The molecule has 2 fully saturated rings. The summed E-state index contributed by atoms with van der Waals surface area (Å²) in [5.74, 6) is 0.0408. The van der Waals surface area contributed by atoms with Crippen molar-refractivity contribution in [2.45, 2.75) is 56.0 Å². The van der Waals surface area contributed by atoms with E-state index in [1.807, 2.05) is 6.92 Å². The Morgan fingerprint density at radius 2 is 2.00 bits per heavy atom. The molecule has 1 aliphatic heterocycles. The van der Waals surface area contributed by atoms with E-state index in [9.17, 15) is 13.2 Å². The minimum Gasteiger partial charge on any atom is -0.495 e. The molecule has 2 aliphatic rings. The number of amides is 1. The molecule has 0 radical (unpaired) electrons. The number of nitrogens with zero attached hydrogens (tertiary/aromatic N) is 1. The normalized spacial score (nSPS) is 22.2. The van der Waals surface area contributed by atoms with Gasteiger partial charge in [-0.1, -0.05) is 6.42 Å². The predicted molar refractivity (Wildman–Crippen MR) is 90.7 cm³/mol. The number of piperidine rings is 1. The lowest BCUT2D eigenvalue weighted by Gasteiger charge is -2.32. The molecule has 1 aromatic carbocycles. The van der Waals surface area contributed by atoms with Crippen molar-refractivity contribution >= 4 is 15.9 Å². The average Bonchev–Trinajstić information content (AvgIpc) is 3.38. The molecular formula is C17H24N2O4S. The number of nitrogens with one attached hydrogen (secondary N) is 1. The Kier molecular flexibility index (Phi) is 4.83. The molecule has 1 saturated carbocycles. The van der Waals surface area contributed by atoms with Crippen LogP contribution in [0.3, 0.4) is 0 Å². The second kappa shape index (κ2) is 6.72. The van der Waals surface area contributed by atoms with Gasteiger partial charge in [0.25, 0.3) is 5.91 Å². The Morgan fingerprint density at radius 3 is 2.62 bits per heavy atom. The first-order valence-electron chi connectivity index (χ1n) is 8.44. The van der Waals surface area contributed by atoms with Gasteiger partial charge in [0.1, 0.15) is 10.6 Å². The summed E-state index contributed by atoms with van der Waals surface area (Å²) in [5, 5.41) is 2.89. The Labute approximate surface area is 143 Å². The molecule has 1 atom stereocenters. The third-order valence-corrected chi connectivity index (χ3v) is 6.70. The van der Waals surface area contributed by atoms with Crippen molar-refractivity contribution in [2.24, 2.45) is 0 Å². The summed E-state index contributed by atoms with van der Waals surface area (Å²) < 4.78 is 33.0. The van der Waals surface area contributed by atoms with Crippen LogP contribution in [0.1, 0.15) is 49.4 Å². The standard InChI is InChI=1S/C17H24N2O4S/c1-12-5-3-4-10-19(12)24(21,22)16-11-13(6-9-15(16)23-2)17(20)18-14-7-8-14/h6,9,11-12,14H,3-5,7-8,10H2,1-2H3,(H,18,20)/t12-/m0/s1. The van der Waals surface area contributed by atoms with Crippen LogP contribution in [-0.2, 0) is 10.0 Å². The number of sulfonamides is 1. The predicted octanol–water partition coefficient (Wildman–Crippen LogP) is 2.15. The fourth-order valence-electron chi connectivity index (χ4n) is 3.07. The van der Waals surface area contributed by atoms with Crippen molar-refractivity contribution < 1.29 is 17.9 Å². The van der Waals surface area contributed by atoms with Crippen LogP contribution in [0.4, 0.5) is 0 Å². The van der Waals surface area contributed by atoms with E-state index in [4.69, 9.17) is 4.74 Å². The highest BCUT2D eigenvalue weighted by molar-refractivity contribution is 7.89. The van der Waals surface area contributed by atoms with E-state index in [0.717, 1.165) is 32.1 Å². The molecule has 132 valence electrons. The smallest absolute Gasteiger partial charge is 0.251 e. The van der Waals surface area contributed by atoms with Gasteiger partial charge in [-0.3, -0.25) is 4.79 Å². The van der Waals surface area contributed by atoms with Crippen molar-refractivity contribution in [1.82, 2.24) is 9.62 Å². The fraction of sp³-hybridized carbons (Fsp3) is 0.588. The van der Waals surface area contributed by atoms with Crippen LogP contribution < -0.4 is 10.1 Å². The number of methoxy groups -OCH3 is 1. The van der Waals surface area contributed by atoms with Crippen molar-refractivity contribution in [3.05, 3.63) is 23.8 Å². The number of rotatable bonds is 5. The van der Waals surface area contributed by atoms with E-state index >= 15 is 0 Å². The molecule has 6 nitrogen and oxygen atoms in total. The summed E-state index contributed by atoms with van der Waals surface area (Å²) in [5.41, 5.74) is 0.353. The zero-order chi connectivity index (χ0) is 17.3. The van der Waals surface area contributed by atoms with Gasteiger partial charge in [0, 0.05) is 24.2 Å². The summed E-state index contributed by atoms with van der Waals surface area (Å²) >= 11 is 0. The molecule has 0 unspecified atom stereocenters. The highest BCUT2D eigenvalue weighted by Crippen LogP contribution is 2.32. The van der Waals surface area contributed by atoms with E-state index in [1.54, 1.807) is 12.1 Å². The third-order valence-electron chi connectivity index (χ3n) is 4.67. The maximum atomic E-state index is 13.1. The van der Waals surface area contributed by atoms with Gasteiger partial charge in [0.05, 0.1) is 7.11 Å². The van der Waals surface area contributed by atoms with E-state index in [1.165, 1.54) is 17.5 Å². The van der Waals surface area contributed by atoms with Gasteiger partial charge in [-0.05, 0) is 50.8 Å². The first-order valence-corrected chi connectivity index (χ1v) is 9.88. The fourth-order valence-corrected chi connectivity index (χ4v) is 4.95. The first-order chi connectivity index (χ1) is 11.4. The van der Waals surface area contributed by atoms with Crippen LogP contribution >= 0.6 is 0 Å². The third kappa shape index (κ3) is 3.42. The lowest BCUT2D eigenvalue weighted by molar-refractivity contribution is 0.0951. The Bertz CT molecular complexity index is 728. The summed E-state index contributed by atoms with van der Waals surface area (Å²) in [7, 11) is -2.25. The molecule has 1 aromatic rings. The van der Waals surface area contributed by atoms with Gasteiger partial charge < -0.3 is 10.1 Å². The average molecular weight is 352 g/mol. The largest absolute Gasteiger partial charge is 0.495 e. The lowest BCUT2D eigenvalue weighted by Crippen LogP contribution is -2.42. The topological polar surface area (TPSA) is 75.7 Å². The maximum absolute atomic E-state index is 13.1. The van der Waals surface area contributed by atoms with Crippen LogP contribution in [-0.4, -0.2) is 44.4 Å². The molecule has 24 heavy (non-hydrogen) atoms.